The minimum atomic E-state index is -4.46. The molecule has 1 N–H and O–H groups in total. The Morgan fingerprint density at radius 1 is 0.871 bits per heavy atom. The summed E-state index contributed by atoms with van der Waals surface area (Å²) in [5.41, 5.74) is 0.270. The van der Waals surface area contributed by atoms with Gasteiger partial charge in [0.05, 0.1) is 13.2 Å². The highest BCUT2D eigenvalue weighted by atomic mass is 32.2. The van der Waals surface area contributed by atoms with Crippen LogP contribution in [0.15, 0.2) is 23.8 Å². The lowest BCUT2D eigenvalue weighted by Gasteiger charge is -2.12. The molecule has 7 nitrogen and oxygen atoms in total. The largest absolute Gasteiger partial charge is 0.462 e. The van der Waals surface area contributed by atoms with E-state index in [1.165, 1.54) is 58.8 Å². The van der Waals surface area contributed by atoms with Gasteiger partial charge in [-0.15, -0.1) is 0 Å². The van der Waals surface area contributed by atoms with E-state index in [4.69, 9.17) is 9.47 Å². The van der Waals surface area contributed by atoms with E-state index in [1.54, 1.807) is 0 Å². The van der Waals surface area contributed by atoms with Crippen molar-refractivity contribution in [3.05, 3.63) is 23.8 Å². The van der Waals surface area contributed by atoms with E-state index in [9.17, 15) is 22.6 Å². The van der Waals surface area contributed by atoms with Gasteiger partial charge in [0, 0.05) is 17.6 Å². The summed E-state index contributed by atoms with van der Waals surface area (Å²) in [5, 5.41) is -1.37. The molecule has 31 heavy (non-hydrogen) atoms. The minimum absolute atomic E-state index is 0.0842. The van der Waals surface area contributed by atoms with Gasteiger partial charge in [0.2, 0.25) is 0 Å². The fraction of sp³-hybridized carbons (Fsp3) is 0.739. The summed E-state index contributed by atoms with van der Waals surface area (Å²) in [6.07, 6.45) is 12.7. The van der Waals surface area contributed by atoms with Crippen molar-refractivity contribution in [3.63, 3.8) is 0 Å². The standard InChI is InChI=1S/C23H40O7S/c1-5-6-7-8-9-10-11-12-13-14-16-29-23(25)20(4)18-21(31(26,27)28)15-17-30-22(24)19(2)3/h18,21H,2,5-17H2,1,3-4H3,(H,26,27,28)/b20-18+. The minimum Gasteiger partial charge on any atom is -0.462 e. The van der Waals surface area contributed by atoms with E-state index >= 15 is 0 Å². The first-order valence-corrected chi connectivity index (χ1v) is 12.7. The molecule has 0 aliphatic carbocycles. The monoisotopic (exact) mass is 460 g/mol. The molecular weight excluding hydrogens is 420 g/mol. The Hall–Kier alpha value is -1.67. The predicted molar refractivity (Wildman–Crippen MR) is 122 cm³/mol. The van der Waals surface area contributed by atoms with Gasteiger partial charge >= 0.3 is 11.9 Å². The Morgan fingerprint density at radius 3 is 1.84 bits per heavy atom. The first-order chi connectivity index (χ1) is 14.6. The lowest BCUT2D eigenvalue weighted by molar-refractivity contribution is -0.140. The average Bonchev–Trinajstić information content (AvgIpc) is 2.69. The molecule has 0 saturated carbocycles. The summed E-state index contributed by atoms with van der Waals surface area (Å²) in [6, 6.07) is 0. The molecule has 0 bridgehead atoms. The lowest BCUT2D eigenvalue weighted by atomic mass is 10.1. The van der Waals surface area contributed by atoms with Crippen molar-refractivity contribution in [2.75, 3.05) is 13.2 Å². The number of hydrogen-bond acceptors (Lipinski definition) is 6. The second-order valence-electron chi connectivity index (χ2n) is 7.93. The van der Waals surface area contributed by atoms with Crippen LogP contribution in [0.3, 0.4) is 0 Å². The Balaban J connectivity index is 4.22. The molecule has 180 valence electrons. The average molecular weight is 461 g/mol. The normalized spacial score (nSPS) is 13.0. The maximum absolute atomic E-state index is 12.1. The molecule has 0 spiro atoms. The van der Waals surface area contributed by atoms with Crippen molar-refractivity contribution in [3.8, 4) is 0 Å². The lowest BCUT2D eigenvalue weighted by Crippen LogP contribution is -2.22. The van der Waals surface area contributed by atoms with E-state index in [1.807, 2.05) is 0 Å². The molecule has 0 heterocycles. The number of ether oxygens (including phenoxy) is 2. The third-order valence-electron chi connectivity index (χ3n) is 4.86. The second-order valence-corrected chi connectivity index (χ2v) is 9.56. The van der Waals surface area contributed by atoms with Crippen LogP contribution in [-0.2, 0) is 29.2 Å². The van der Waals surface area contributed by atoms with Crippen LogP contribution in [0.1, 0.15) is 91.4 Å². The van der Waals surface area contributed by atoms with Gasteiger partial charge in [0.15, 0.2) is 0 Å². The van der Waals surface area contributed by atoms with Gasteiger partial charge < -0.3 is 9.47 Å². The maximum atomic E-state index is 12.1. The molecule has 0 aromatic rings. The highest BCUT2D eigenvalue weighted by Crippen LogP contribution is 2.13. The number of esters is 2. The molecule has 0 rings (SSSR count). The van der Waals surface area contributed by atoms with Crippen molar-refractivity contribution < 1.29 is 32.0 Å². The highest BCUT2D eigenvalue weighted by molar-refractivity contribution is 7.86. The van der Waals surface area contributed by atoms with Crippen LogP contribution < -0.4 is 0 Å². The van der Waals surface area contributed by atoms with Crippen LogP contribution in [0.2, 0.25) is 0 Å². The molecule has 0 aliphatic heterocycles. The smallest absolute Gasteiger partial charge is 0.333 e. The second kappa shape index (κ2) is 17.0. The van der Waals surface area contributed by atoms with Crippen molar-refractivity contribution in [2.45, 2.75) is 96.7 Å². The third-order valence-corrected chi connectivity index (χ3v) is 5.99. The molecule has 0 amide bonds. The highest BCUT2D eigenvalue weighted by Gasteiger charge is 2.23. The SMILES string of the molecule is C=C(C)C(=O)OCCC(/C=C(\C)C(=O)OCCCCCCCCCCCC)S(=O)(=O)O. The summed E-state index contributed by atoms with van der Waals surface area (Å²) in [4.78, 5) is 23.4. The van der Waals surface area contributed by atoms with Crippen LogP contribution in [0, 0.1) is 0 Å². The van der Waals surface area contributed by atoms with Gasteiger partial charge in [-0.1, -0.05) is 77.4 Å². The van der Waals surface area contributed by atoms with E-state index in [0.717, 1.165) is 25.3 Å². The molecule has 0 aromatic heterocycles. The van der Waals surface area contributed by atoms with Crippen molar-refractivity contribution >= 4 is 22.1 Å². The summed E-state index contributed by atoms with van der Waals surface area (Å²) in [5.74, 6) is -1.27. The first-order valence-electron chi connectivity index (χ1n) is 11.2. The zero-order chi connectivity index (χ0) is 23.7. The molecule has 0 saturated heterocycles. The summed E-state index contributed by atoms with van der Waals surface area (Å²) in [6.45, 7) is 8.58. The van der Waals surface area contributed by atoms with Gasteiger partial charge in [-0.25, -0.2) is 9.59 Å². The molecule has 0 radical (unpaired) electrons. The van der Waals surface area contributed by atoms with Crippen LogP contribution in [-0.4, -0.2) is 43.4 Å². The van der Waals surface area contributed by atoms with Crippen LogP contribution in [0.5, 0.6) is 0 Å². The quantitative estimate of drug-likeness (QED) is 0.130. The Kier molecular flexibility index (Phi) is 16.0. The predicted octanol–water partition coefficient (Wildman–Crippen LogP) is 5.16. The zero-order valence-electron chi connectivity index (χ0n) is 19.4. The van der Waals surface area contributed by atoms with Gasteiger partial charge in [0.25, 0.3) is 10.1 Å². The van der Waals surface area contributed by atoms with Crippen LogP contribution in [0.4, 0.5) is 0 Å². The first kappa shape index (κ1) is 29.3. The fourth-order valence-corrected chi connectivity index (χ4v) is 3.69. The van der Waals surface area contributed by atoms with Crippen molar-refractivity contribution in [1.82, 2.24) is 0 Å². The van der Waals surface area contributed by atoms with Crippen molar-refractivity contribution in [1.29, 1.82) is 0 Å². The summed E-state index contributed by atoms with van der Waals surface area (Å²) >= 11 is 0. The summed E-state index contributed by atoms with van der Waals surface area (Å²) in [7, 11) is -4.46. The number of rotatable bonds is 18. The molecule has 0 fully saturated rings. The van der Waals surface area contributed by atoms with E-state index in [-0.39, 0.29) is 30.8 Å². The third kappa shape index (κ3) is 15.7. The van der Waals surface area contributed by atoms with Crippen molar-refractivity contribution in [2.24, 2.45) is 0 Å². The molecule has 8 heteroatoms. The topological polar surface area (TPSA) is 107 Å². The number of carbonyl (C=O) groups is 2. The van der Waals surface area contributed by atoms with E-state index < -0.39 is 27.3 Å². The number of unbranched alkanes of at least 4 members (excludes halogenated alkanes) is 9. The van der Waals surface area contributed by atoms with Gasteiger partial charge in [-0.3, -0.25) is 4.55 Å². The Labute approximate surface area is 188 Å². The van der Waals surface area contributed by atoms with Crippen LogP contribution in [0.25, 0.3) is 0 Å². The van der Waals surface area contributed by atoms with Gasteiger partial charge in [0.1, 0.15) is 5.25 Å². The molecule has 0 aromatic carbocycles. The Bertz CT molecular complexity index is 680. The summed E-state index contributed by atoms with van der Waals surface area (Å²) < 4.78 is 42.5. The number of carbonyl (C=O) groups excluding carboxylic acids is 2. The van der Waals surface area contributed by atoms with Crippen LogP contribution >= 0.6 is 0 Å². The van der Waals surface area contributed by atoms with Gasteiger partial charge in [-0.05, 0) is 20.3 Å². The Morgan fingerprint density at radius 2 is 1.35 bits per heavy atom. The van der Waals surface area contributed by atoms with E-state index in [0.29, 0.717) is 0 Å². The fourth-order valence-electron chi connectivity index (χ4n) is 2.92. The number of hydrogen-bond donors (Lipinski definition) is 1. The van der Waals surface area contributed by atoms with E-state index in [2.05, 4.69) is 13.5 Å². The maximum Gasteiger partial charge on any atom is 0.333 e. The molecule has 1 atom stereocenters. The van der Waals surface area contributed by atoms with Gasteiger partial charge in [-0.2, -0.15) is 8.42 Å². The molecule has 0 aliphatic rings. The zero-order valence-corrected chi connectivity index (χ0v) is 20.2. The molecule has 1 unspecified atom stereocenters. The molecular formula is C23H40O7S.